The maximum absolute atomic E-state index is 13.1. The summed E-state index contributed by atoms with van der Waals surface area (Å²) >= 11 is 0. The Morgan fingerprint density at radius 1 is 0.967 bits per heavy atom. The van der Waals surface area contributed by atoms with Gasteiger partial charge in [-0.2, -0.15) is 0 Å². The smallest absolute Gasteiger partial charge is 0.264 e. The van der Waals surface area contributed by atoms with Crippen molar-refractivity contribution in [1.29, 1.82) is 0 Å². The van der Waals surface area contributed by atoms with Gasteiger partial charge in [0.15, 0.2) is 0 Å². The summed E-state index contributed by atoms with van der Waals surface area (Å²) in [7, 11) is -2.27. The number of nitrogens with one attached hydrogen (secondary N) is 1. The van der Waals surface area contributed by atoms with Crippen LogP contribution in [-0.4, -0.2) is 21.4 Å². The van der Waals surface area contributed by atoms with Crippen molar-refractivity contribution >= 4 is 21.6 Å². The Bertz CT molecular complexity index is 1160. The number of hydrogen-bond acceptors (Lipinski definition) is 3. The number of carbonyl (C=O) groups is 1. The van der Waals surface area contributed by atoms with Crippen molar-refractivity contribution < 1.29 is 13.2 Å². The van der Waals surface area contributed by atoms with E-state index in [9.17, 15) is 13.2 Å². The van der Waals surface area contributed by atoms with Crippen molar-refractivity contribution in [2.24, 2.45) is 0 Å². The Morgan fingerprint density at radius 2 is 1.70 bits per heavy atom. The first-order valence-corrected chi connectivity index (χ1v) is 11.4. The van der Waals surface area contributed by atoms with Crippen molar-refractivity contribution in [3.8, 4) is 0 Å². The number of hydrogen-bond donors (Lipinski definition) is 1. The number of carbonyl (C=O) groups excluding carboxylic acids is 1. The van der Waals surface area contributed by atoms with Crippen LogP contribution in [-0.2, 0) is 16.4 Å². The van der Waals surface area contributed by atoms with Gasteiger partial charge in [0.2, 0.25) is 0 Å². The SMILES string of the molecule is CN(c1ccccc1)S(=O)(=O)c1cccc(C(=O)N[C@@H]2CCCc3ccccc32)c1. The molecule has 0 spiro atoms. The quantitative estimate of drug-likeness (QED) is 0.669. The van der Waals surface area contributed by atoms with Crippen molar-refractivity contribution in [1.82, 2.24) is 5.32 Å². The van der Waals surface area contributed by atoms with Gasteiger partial charge in [0.05, 0.1) is 16.6 Å². The number of benzene rings is 3. The highest BCUT2D eigenvalue weighted by atomic mass is 32.2. The van der Waals surface area contributed by atoms with Crippen LogP contribution in [0, 0.1) is 0 Å². The number of aryl methyl sites for hydroxylation is 1. The molecule has 30 heavy (non-hydrogen) atoms. The van der Waals surface area contributed by atoms with E-state index in [-0.39, 0.29) is 16.8 Å². The molecule has 1 N–H and O–H groups in total. The highest BCUT2D eigenvalue weighted by molar-refractivity contribution is 7.92. The number of amides is 1. The molecule has 0 saturated carbocycles. The van der Waals surface area contributed by atoms with Crippen molar-refractivity contribution in [3.05, 3.63) is 95.6 Å². The van der Waals surface area contributed by atoms with E-state index in [2.05, 4.69) is 17.4 Å². The van der Waals surface area contributed by atoms with E-state index >= 15 is 0 Å². The molecule has 1 aliphatic carbocycles. The van der Waals surface area contributed by atoms with Crippen LogP contribution in [0.3, 0.4) is 0 Å². The predicted molar refractivity (Wildman–Crippen MR) is 118 cm³/mol. The third-order valence-electron chi connectivity index (χ3n) is 5.55. The second kappa shape index (κ2) is 8.32. The van der Waals surface area contributed by atoms with Gasteiger partial charge in [-0.25, -0.2) is 8.42 Å². The van der Waals surface area contributed by atoms with Crippen molar-refractivity contribution in [2.75, 3.05) is 11.4 Å². The Hall–Kier alpha value is -3.12. The van der Waals surface area contributed by atoms with Crippen LogP contribution in [0.15, 0.2) is 83.8 Å². The summed E-state index contributed by atoms with van der Waals surface area (Å²) in [6.07, 6.45) is 2.90. The summed E-state index contributed by atoms with van der Waals surface area (Å²) in [6, 6.07) is 23.2. The largest absolute Gasteiger partial charge is 0.345 e. The Balaban J connectivity index is 1.57. The number of rotatable bonds is 5. The van der Waals surface area contributed by atoms with Crippen LogP contribution in [0.5, 0.6) is 0 Å². The summed E-state index contributed by atoms with van der Waals surface area (Å²) in [5.41, 5.74) is 3.30. The molecule has 5 nitrogen and oxygen atoms in total. The number of para-hydroxylation sites is 1. The third kappa shape index (κ3) is 3.96. The first kappa shape index (κ1) is 20.2. The van der Waals surface area contributed by atoms with E-state index in [0.29, 0.717) is 11.3 Å². The maximum Gasteiger partial charge on any atom is 0.264 e. The first-order valence-electron chi connectivity index (χ1n) is 9.99. The van der Waals surface area contributed by atoms with Crippen LogP contribution in [0.1, 0.15) is 40.4 Å². The van der Waals surface area contributed by atoms with Crippen LogP contribution in [0.25, 0.3) is 0 Å². The molecule has 1 atom stereocenters. The van der Waals surface area contributed by atoms with Gasteiger partial charge in [0.25, 0.3) is 15.9 Å². The van der Waals surface area contributed by atoms with Gasteiger partial charge < -0.3 is 5.32 Å². The normalized spacial score (nSPS) is 15.8. The van der Waals surface area contributed by atoms with Crippen molar-refractivity contribution in [3.63, 3.8) is 0 Å². The van der Waals surface area contributed by atoms with Gasteiger partial charge in [-0.15, -0.1) is 0 Å². The highest BCUT2D eigenvalue weighted by Gasteiger charge is 2.24. The molecular formula is C24H24N2O3S. The summed E-state index contributed by atoms with van der Waals surface area (Å²) in [4.78, 5) is 13.0. The molecule has 0 heterocycles. The van der Waals surface area contributed by atoms with Gasteiger partial charge in [0.1, 0.15) is 0 Å². The molecule has 6 heteroatoms. The fourth-order valence-corrected chi connectivity index (χ4v) is 5.12. The molecule has 0 aromatic heterocycles. The van der Waals surface area contributed by atoms with Gasteiger partial charge in [-0.1, -0.05) is 48.5 Å². The van der Waals surface area contributed by atoms with Gasteiger partial charge in [-0.05, 0) is 60.7 Å². The summed E-state index contributed by atoms with van der Waals surface area (Å²) in [5.74, 6) is -0.267. The third-order valence-corrected chi connectivity index (χ3v) is 7.33. The molecule has 0 unspecified atom stereocenters. The molecule has 0 fully saturated rings. The topological polar surface area (TPSA) is 66.5 Å². The second-order valence-corrected chi connectivity index (χ2v) is 9.42. The second-order valence-electron chi connectivity index (χ2n) is 7.45. The molecule has 3 aromatic rings. The lowest BCUT2D eigenvalue weighted by atomic mass is 9.87. The lowest BCUT2D eigenvalue weighted by Gasteiger charge is -2.26. The molecule has 4 rings (SSSR count). The zero-order valence-corrected chi connectivity index (χ0v) is 17.6. The fraction of sp³-hybridized carbons (Fsp3) is 0.208. The summed E-state index contributed by atoms with van der Waals surface area (Å²) in [5, 5.41) is 3.08. The van der Waals surface area contributed by atoms with Gasteiger partial charge >= 0.3 is 0 Å². The van der Waals surface area contributed by atoms with Crippen molar-refractivity contribution in [2.45, 2.75) is 30.2 Å². The van der Waals surface area contributed by atoms with Crippen LogP contribution in [0.4, 0.5) is 5.69 Å². The predicted octanol–water partition coefficient (Wildman–Crippen LogP) is 4.32. The van der Waals surface area contributed by atoms with Crippen LogP contribution < -0.4 is 9.62 Å². The molecule has 154 valence electrons. The minimum absolute atomic E-state index is 0.0605. The molecule has 0 radical (unpaired) electrons. The van der Waals surface area contributed by atoms with E-state index in [1.807, 2.05) is 18.2 Å². The molecule has 0 aliphatic heterocycles. The lowest BCUT2D eigenvalue weighted by Crippen LogP contribution is -2.31. The standard InChI is InChI=1S/C24H24N2O3S/c1-26(20-12-3-2-4-13-20)30(28,29)21-14-7-11-19(17-21)24(27)25-23-16-8-10-18-9-5-6-15-22(18)23/h2-7,9,11-15,17,23H,8,10,16H2,1H3,(H,25,27)/t23-/m1/s1. The fourth-order valence-electron chi connectivity index (χ4n) is 3.88. The molecule has 0 saturated heterocycles. The molecule has 3 aromatic carbocycles. The minimum atomic E-state index is -3.78. The number of anilines is 1. The van der Waals surface area contributed by atoms with E-state index < -0.39 is 10.0 Å². The van der Waals surface area contributed by atoms with Crippen LogP contribution >= 0.6 is 0 Å². The number of fused-ring (bicyclic) bond motifs is 1. The van der Waals surface area contributed by atoms with Crippen LogP contribution in [0.2, 0.25) is 0 Å². The number of sulfonamides is 1. The first-order chi connectivity index (χ1) is 14.5. The van der Waals surface area contributed by atoms with Gasteiger partial charge in [0, 0.05) is 12.6 Å². The molecule has 1 amide bonds. The van der Waals surface area contributed by atoms with E-state index in [1.54, 1.807) is 36.4 Å². The maximum atomic E-state index is 13.1. The zero-order chi connectivity index (χ0) is 21.1. The van der Waals surface area contributed by atoms with E-state index in [0.717, 1.165) is 24.8 Å². The van der Waals surface area contributed by atoms with Gasteiger partial charge in [-0.3, -0.25) is 9.10 Å². The van der Waals surface area contributed by atoms with E-state index in [4.69, 9.17) is 0 Å². The Labute approximate surface area is 177 Å². The average molecular weight is 421 g/mol. The monoisotopic (exact) mass is 420 g/mol. The average Bonchev–Trinajstić information content (AvgIpc) is 2.79. The summed E-state index contributed by atoms with van der Waals surface area (Å²) < 4.78 is 27.3. The molecular weight excluding hydrogens is 396 g/mol. The lowest BCUT2D eigenvalue weighted by molar-refractivity contribution is 0.0932. The Morgan fingerprint density at radius 3 is 2.50 bits per heavy atom. The zero-order valence-electron chi connectivity index (χ0n) is 16.8. The summed E-state index contributed by atoms with van der Waals surface area (Å²) in [6.45, 7) is 0. The van der Waals surface area contributed by atoms with E-state index in [1.165, 1.54) is 29.0 Å². The molecule has 0 bridgehead atoms. The minimum Gasteiger partial charge on any atom is -0.345 e. The Kier molecular flexibility index (Phi) is 5.59. The highest BCUT2D eigenvalue weighted by Crippen LogP contribution is 2.30. The number of nitrogens with zero attached hydrogens (tertiary/aromatic N) is 1. The molecule has 1 aliphatic rings.